The first-order valence-electron chi connectivity index (χ1n) is 8.56. The van der Waals surface area contributed by atoms with Gasteiger partial charge in [-0.25, -0.2) is 0 Å². The Bertz CT molecular complexity index is 457. The molecule has 2 unspecified atom stereocenters. The predicted octanol–water partition coefficient (Wildman–Crippen LogP) is 2.26. The van der Waals surface area contributed by atoms with E-state index in [2.05, 4.69) is 41.0 Å². The Morgan fingerprint density at radius 3 is 2.55 bits per heavy atom. The molecule has 3 rings (SSSR count). The van der Waals surface area contributed by atoms with Crippen molar-refractivity contribution in [3.05, 3.63) is 29.8 Å². The highest BCUT2D eigenvalue weighted by Gasteiger charge is 2.25. The van der Waals surface area contributed by atoms with Crippen molar-refractivity contribution in [3.8, 4) is 0 Å². The van der Waals surface area contributed by atoms with Gasteiger partial charge >= 0.3 is 0 Å². The summed E-state index contributed by atoms with van der Waals surface area (Å²) in [5, 5.41) is 9.28. The molecule has 0 aromatic heterocycles. The zero-order valence-corrected chi connectivity index (χ0v) is 13.6. The molecular weight excluding hydrogens is 276 g/mol. The van der Waals surface area contributed by atoms with Crippen LogP contribution in [0.1, 0.15) is 31.7 Å². The van der Waals surface area contributed by atoms with Gasteiger partial charge in [0, 0.05) is 37.9 Å². The molecule has 0 saturated carbocycles. The molecule has 0 radical (unpaired) electrons. The Morgan fingerprint density at radius 2 is 1.86 bits per heavy atom. The molecule has 2 atom stereocenters. The van der Waals surface area contributed by atoms with Crippen molar-refractivity contribution in [2.24, 2.45) is 0 Å². The summed E-state index contributed by atoms with van der Waals surface area (Å²) in [5.74, 6) is 0. The molecule has 0 spiro atoms. The van der Waals surface area contributed by atoms with Crippen LogP contribution in [-0.2, 0) is 11.3 Å². The number of anilines is 1. The predicted molar refractivity (Wildman–Crippen MR) is 89.2 cm³/mol. The molecule has 4 heteroatoms. The summed E-state index contributed by atoms with van der Waals surface area (Å²) >= 11 is 0. The maximum Gasteiger partial charge on any atom is 0.0933 e. The van der Waals surface area contributed by atoms with Crippen molar-refractivity contribution < 1.29 is 9.84 Å². The average molecular weight is 304 g/mol. The van der Waals surface area contributed by atoms with E-state index in [4.69, 9.17) is 4.74 Å². The number of aliphatic hydroxyl groups is 1. The number of piperidine rings is 1. The van der Waals surface area contributed by atoms with Gasteiger partial charge in [0.1, 0.15) is 0 Å². The van der Waals surface area contributed by atoms with Crippen LogP contribution in [0.3, 0.4) is 0 Å². The van der Waals surface area contributed by atoms with Crippen molar-refractivity contribution in [2.45, 2.75) is 44.9 Å². The van der Waals surface area contributed by atoms with Crippen LogP contribution >= 0.6 is 0 Å². The number of hydrogen-bond donors (Lipinski definition) is 1. The SMILES string of the molecule is CC1COC(CO)CN1Cc1ccc(N2CCCCC2)cc1. The minimum atomic E-state index is -0.0381. The van der Waals surface area contributed by atoms with Crippen LogP contribution in [0.4, 0.5) is 5.69 Å². The van der Waals surface area contributed by atoms with Crippen molar-refractivity contribution in [1.29, 1.82) is 0 Å². The highest BCUT2D eigenvalue weighted by molar-refractivity contribution is 5.47. The van der Waals surface area contributed by atoms with Crippen LogP contribution in [0.5, 0.6) is 0 Å². The van der Waals surface area contributed by atoms with Crippen LogP contribution in [0, 0.1) is 0 Å². The topological polar surface area (TPSA) is 35.9 Å². The lowest BCUT2D eigenvalue weighted by atomic mass is 10.1. The molecule has 2 heterocycles. The van der Waals surface area contributed by atoms with E-state index < -0.39 is 0 Å². The quantitative estimate of drug-likeness (QED) is 0.925. The van der Waals surface area contributed by atoms with Crippen LogP contribution < -0.4 is 4.90 Å². The highest BCUT2D eigenvalue weighted by atomic mass is 16.5. The largest absolute Gasteiger partial charge is 0.394 e. The van der Waals surface area contributed by atoms with E-state index in [0.29, 0.717) is 12.6 Å². The lowest BCUT2D eigenvalue weighted by Gasteiger charge is -2.37. The third kappa shape index (κ3) is 3.80. The molecule has 0 aliphatic carbocycles. The van der Waals surface area contributed by atoms with Crippen LogP contribution in [0.2, 0.25) is 0 Å². The van der Waals surface area contributed by atoms with Gasteiger partial charge in [0.05, 0.1) is 19.3 Å². The maximum absolute atomic E-state index is 9.28. The number of ether oxygens (including phenoxy) is 1. The number of morpholine rings is 1. The number of nitrogens with zero attached hydrogens (tertiary/aromatic N) is 2. The number of rotatable bonds is 4. The Hall–Kier alpha value is -1.10. The zero-order valence-electron chi connectivity index (χ0n) is 13.6. The van der Waals surface area contributed by atoms with Gasteiger partial charge in [0.15, 0.2) is 0 Å². The second kappa shape index (κ2) is 7.44. The molecule has 2 aliphatic rings. The minimum Gasteiger partial charge on any atom is -0.394 e. The second-order valence-electron chi connectivity index (χ2n) is 6.63. The van der Waals surface area contributed by atoms with Gasteiger partial charge in [-0.1, -0.05) is 12.1 Å². The summed E-state index contributed by atoms with van der Waals surface area (Å²) < 4.78 is 5.61. The van der Waals surface area contributed by atoms with Gasteiger partial charge in [-0.3, -0.25) is 4.90 Å². The normalized spacial score (nSPS) is 27.1. The Labute approximate surface area is 133 Å². The van der Waals surface area contributed by atoms with E-state index in [-0.39, 0.29) is 12.7 Å². The summed E-state index contributed by atoms with van der Waals surface area (Å²) in [7, 11) is 0. The fraction of sp³-hybridized carbons (Fsp3) is 0.667. The van der Waals surface area contributed by atoms with Gasteiger partial charge in [-0.2, -0.15) is 0 Å². The third-order valence-corrected chi connectivity index (χ3v) is 4.88. The summed E-state index contributed by atoms with van der Waals surface area (Å²) in [4.78, 5) is 4.90. The summed E-state index contributed by atoms with van der Waals surface area (Å²) in [6.07, 6.45) is 3.96. The standard InChI is InChI=1S/C18H28N2O2/c1-15-14-22-18(13-21)12-20(15)11-16-5-7-17(8-6-16)19-9-3-2-4-10-19/h5-8,15,18,21H,2-4,9-14H2,1H3. The summed E-state index contributed by atoms with van der Waals surface area (Å²) in [5.41, 5.74) is 2.69. The molecule has 4 nitrogen and oxygen atoms in total. The first-order chi connectivity index (χ1) is 10.8. The van der Waals surface area contributed by atoms with Gasteiger partial charge in [-0.15, -0.1) is 0 Å². The van der Waals surface area contributed by atoms with E-state index in [1.165, 1.54) is 43.6 Å². The van der Waals surface area contributed by atoms with E-state index in [1.54, 1.807) is 0 Å². The first kappa shape index (κ1) is 15.8. The number of hydrogen-bond acceptors (Lipinski definition) is 4. The maximum atomic E-state index is 9.28. The average Bonchev–Trinajstić information content (AvgIpc) is 2.58. The molecule has 1 aromatic rings. The van der Waals surface area contributed by atoms with E-state index in [9.17, 15) is 5.11 Å². The minimum absolute atomic E-state index is 0.0381. The number of aliphatic hydroxyl groups excluding tert-OH is 1. The molecule has 1 N–H and O–H groups in total. The molecule has 2 saturated heterocycles. The van der Waals surface area contributed by atoms with E-state index in [1.807, 2.05) is 0 Å². The van der Waals surface area contributed by atoms with Crippen LogP contribution in [0.25, 0.3) is 0 Å². The van der Waals surface area contributed by atoms with Crippen molar-refractivity contribution in [3.63, 3.8) is 0 Å². The lowest BCUT2D eigenvalue weighted by molar-refractivity contribution is -0.0805. The molecule has 122 valence electrons. The molecular formula is C18H28N2O2. The molecule has 0 amide bonds. The smallest absolute Gasteiger partial charge is 0.0933 e. The molecule has 2 fully saturated rings. The fourth-order valence-electron chi connectivity index (χ4n) is 3.40. The molecule has 1 aromatic carbocycles. The lowest BCUT2D eigenvalue weighted by Crippen LogP contribution is -2.48. The Morgan fingerprint density at radius 1 is 1.14 bits per heavy atom. The second-order valence-corrected chi connectivity index (χ2v) is 6.63. The highest BCUT2D eigenvalue weighted by Crippen LogP contribution is 2.22. The van der Waals surface area contributed by atoms with Crippen molar-refractivity contribution in [2.75, 3.05) is 37.7 Å². The monoisotopic (exact) mass is 304 g/mol. The number of benzene rings is 1. The van der Waals surface area contributed by atoms with Crippen LogP contribution in [0.15, 0.2) is 24.3 Å². The van der Waals surface area contributed by atoms with Crippen molar-refractivity contribution in [1.82, 2.24) is 4.90 Å². The van der Waals surface area contributed by atoms with Crippen molar-refractivity contribution >= 4 is 5.69 Å². The Kier molecular flexibility index (Phi) is 5.34. The molecule has 0 bridgehead atoms. The van der Waals surface area contributed by atoms with Crippen LogP contribution in [-0.4, -0.2) is 55.0 Å². The third-order valence-electron chi connectivity index (χ3n) is 4.88. The molecule has 2 aliphatic heterocycles. The van der Waals surface area contributed by atoms with Gasteiger partial charge in [0.2, 0.25) is 0 Å². The van der Waals surface area contributed by atoms with Gasteiger partial charge < -0.3 is 14.7 Å². The van der Waals surface area contributed by atoms with E-state index >= 15 is 0 Å². The summed E-state index contributed by atoms with van der Waals surface area (Å²) in [6.45, 7) is 7.13. The summed E-state index contributed by atoms with van der Waals surface area (Å²) in [6, 6.07) is 9.43. The first-order valence-corrected chi connectivity index (χ1v) is 8.56. The van der Waals surface area contributed by atoms with Gasteiger partial charge in [-0.05, 0) is 43.9 Å². The Balaban J connectivity index is 1.60. The van der Waals surface area contributed by atoms with Gasteiger partial charge in [0.25, 0.3) is 0 Å². The zero-order chi connectivity index (χ0) is 15.4. The molecule has 22 heavy (non-hydrogen) atoms. The van der Waals surface area contributed by atoms with E-state index in [0.717, 1.165) is 13.1 Å². The fourth-order valence-corrected chi connectivity index (χ4v) is 3.40.